The van der Waals surface area contributed by atoms with Gasteiger partial charge in [0.2, 0.25) is 0 Å². The van der Waals surface area contributed by atoms with Gasteiger partial charge in [-0.3, -0.25) is 4.90 Å². The Hall–Kier alpha value is -0.210. The number of hydrogen-bond donors (Lipinski definition) is 0. The molecule has 2 saturated heterocycles. The molecule has 0 aromatic heterocycles. The summed E-state index contributed by atoms with van der Waals surface area (Å²) in [5, 5.41) is 0. The molecule has 0 spiro atoms. The average Bonchev–Trinajstić information content (AvgIpc) is 2.84. The van der Waals surface area contributed by atoms with Crippen LogP contribution in [0.15, 0.2) is 0 Å². The first kappa shape index (κ1) is 17.1. The van der Waals surface area contributed by atoms with Gasteiger partial charge in [-0.15, -0.1) is 0 Å². The third-order valence-corrected chi connectivity index (χ3v) is 6.58. The van der Waals surface area contributed by atoms with Crippen molar-refractivity contribution < 1.29 is 13.2 Å². The van der Waals surface area contributed by atoms with Crippen LogP contribution < -0.4 is 0 Å². The van der Waals surface area contributed by atoms with E-state index in [0.717, 1.165) is 45.5 Å². The molecule has 0 aromatic carbocycles. The second-order valence-corrected chi connectivity index (χ2v) is 7.71. The maximum atomic E-state index is 12.6. The monoisotopic (exact) mass is 319 g/mol. The number of nitrogens with zero attached hydrogens (tertiary/aromatic N) is 3. The molecule has 0 amide bonds. The largest absolute Gasteiger partial charge is 0.377 e. The van der Waals surface area contributed by atoms with Crippen LogP contribution in [0.25, 0.3) is 0 Å². The minimum absolute atomic E-state index is 0.343. The van der Waals surface area contributed by atoms with E-state index in [1.165, 1.54) is 0 Å². The minimum atomic E-state index is -3.29. The number of hydrogen-bond acceptors (Lipinski definition) is 4. The molecule has 21 heavy (non-hydrogen) atoms. The van der Waals surface area contributed by atoms with Gasteiger partial charge in [-0.1, -0.05) is 13.8 Å². The molecule has 1 atom stereocenters. The van der Waals surface area contributed by atoms with Crippen molar-refractivity contribution in [3.05, 3.63) is 0 Å². The van der Waals surface area contributed by atoms with Crippen LogP contribution >= 0.6 is 0 Å². The molecule has 0 aromatic rings. The lowest BCUT2D eigenvalue weighted by atomic mass is 10.2. The van der Waals surface area contributed by atoms with Crippen molar-refractivity contribution in [3.8, 4) is 0 Å². The molecule has 2 rings (SSSR count). The van der Waals surface area contributed by atoms with E-state index in [0.29, 0.717) is 32.3 Å². The molecule has 124 valence electrons. The highest BCUT2D eigenvalue weighted by Crippen LogP contribution is 2.16. The lowest BCUT2D eigenvalue weighted by Crippen LogP contribution is -2.45. The van der Waals surface area contributed by atoms with Gasteiger partial charge in [0.05, 0.1) is 6.10 Å². The Morgan fingerprint density at radius 1 is 1.10 bits per heavy atom. The van der Waals surface area contributed by atoms with Crippen molar-refractivity contribution in [1.29, 1.82) is 0 Å². The van der Waals surface area contributed by atoms with E-state index in [9.17, 15) is 8.42 Å². The van der Waals surface area contributed by atoms with Crippen molar-refractivity contribution >= 4 is 10.2 Å². The topological polar surface area (TPSA) is 53.1 Å². The Bertz CT molecular complexity index is 406. The Balaban J connectivity index is 1.90. The average molecular weight is 319 g/mol. The van der Waals surface area contributed by atoms with Crippen LogP contribution in [0.1, 0.15) is 33.1 Å². The van der Waals surface area contributed by atoms with Crippen LogP contribution in [0.4, 0.5) is 0 Å². The van der Waals surface area contributed by atoms with Crippen LogP contribution in [-0.2, 0) is 14.9 Å². The van der Waals surface area contributed by atoms with Gasteiger partial charge in [0.25, 0.3) is 10.2 Å². The van der Waals surface area contributed by atoms with E-state index >= 15 is 0 Å². The van der Waals surface area contributed by atoms with E-state index in [1.807, 2.05) is 13.8 Å². The van der Waals surface area contributed by atoms with Gasteiger partial charge in [-0.25, -0.2) is 0 Å². The molecule has 2 heterocycles. The quantitative estimate of drug-likeness (QED) is 0.725. The molecule has 0 saturated carbocycles. The summed E-state index contributed by atoms with van der Waals surface area (Å²) in [5.41, 5.74) is 0. The van der Waals surface area contributed by atoms with E-state index in [-0.39, 0.29) is 0 Å². The van der Waals surface area contributed by atoms with Gasteiger partial charge in [0.15, 0.2) is 0 Å². The summed E-state index contributed by atoms with van der Waals surface area (Å²) in [4.78, 5) is 2.35. The van der Waals surface area contributed by atoms with Gasteiger partial charge in [0, 0.05) is 45.9 Å². The summed E-state index contributed by atoms with van der Waals surface area (Å²) in [6, 6.07) is 0. The Morgan fingerprint density at radius 2 is 1.86 bits per heavy atom. The van der Waals surface area contributed by atoms with Gasteiger partial charge < -0.3 is 4.74 Å². The number of ether oxygens (including phenoxy) is 1. The van der Waals surface area contributed by atoms with Gasteiger partial charge in [-0.05, 0) is 25.8 Å². The molecule has 0 bridgehead atoms. The molecule has 2 aliphatic rings. The Labute approximate surface area is 129 Å². The normalized spacial score (nSPS) is 26.3. The second kappa shape index (κ2) is 7.87. The summed E-state index contributed by atoms with van der Waals surface area (Å²) in [6.07, 6.45) is 3.53. The van der Waals surface area contributed by atoms with Crippen LogP contribution in [-0.4, -0.2) is 80.5 Å². The zero-order valence-corrected chi connectivity index (χ0v) is 14.1. The summed E-state index contributed by atoms with van der Waals surface area (Å²) in [6.45, 7) is 9.66. The molecular formula is C14H29N3O3S. The summed E-state index contributed by atoms with van der Waals surface area (Å²) < 4.78 is 34.0. The van der Waals surface area contributed by atoms with Crippen LogP contribution in [0.3, 0.4) is 0 Å². The van der Waals surface area contributed by atoms with Crippen LogP contribution in [0.2, 0.25) is 0 Å². The highest BCUT2D eigenvalue weighted by molar-refractivity contribution is 7.86. The van der Waals surface area contributed by atoms with E-state index < -0.39 is 10.2 Å². The maximum Gasteiger partial charge on any atom is 0.281 e. The predicted molar refractivity (Wildman–Crippen MR) is 83.4 cm³/mol. The van der Waals surface area contributed by atoms with Crippen LogP contribution in [0.5, 0.6) is 0 Å². The zero-order valence-electron chi connectivity index (χ0n) is 13.3. The molecule has 2 aliphatic heterocycles. The molecule has 7 heteroatoms. The molecule has 0 aliphatic carbocycles. The van der Waals surface area contributed by atoms with Gasteiger partial charge in [0.1, 0.15) is 0 Å². The fourth-order valence-corrected chi connectivity index (χ4v) is 4.80. The van der Waals surface area contributed by atoms with Gasteiger partial charge >= 0.3 is 0 Å². The van der Waals surface area contributed by atoms with Crippen molar-refractivity contribution in [2.24, 2.45) is 0 Å². The summed E-state index contributed by atoms with van der Waals surface area (Å²) in [5.74, 6) is 0. The highest BCUT2D eigenvalue weighted by Gasteiger charge is 2.30. The first-order valence-corrected chi connectivity index (χ1v) is 9.56. The fourth-order valence-electron chi connectivity index (χ4n) is 3.15. The van der Waals surface area contributed by atoms with E-state index in [1.54, 1.807) is 8.61 Å². The number of rotatable bonds is 6. The summed E-state index contributed by atoms with van der Waals surface area (Å²) >= 11 is 0. The molecule has 6 nitrogen and oxygen atoms in total. The van der Waals surface area contributed by atoms with Crippen molar-refractivity contribution in [1.82, 2.24) is 13.5 Å². The standard InChI is InChI=1S/C14H29N3O3S/c1-3-16(4-2)21(18,19)17-9-6-8-15(10-11-17)13-14-7-5-12-20-14/h14H,3-13H2,1-2H3/t14-/m0/s1. The first-order chi connectivity index (χ1) is 10.1. The molecule has 0 unspecified atom stereocenters. The van der Waals surface area contributed by atoms with Gasteiger partial charge in [-0.2, -0.15) is 17.0 Å². The molecule has 2 fully saturated rings. The Morgan fingerprint density at radius 3 is 2.48 bits per heavy atom. The maximum absolute atomic E-state index is 12.6. The fraction of sp³-hybridized carbons (Fsp3) is 1.00. The highest BCUT2D eigenvalue weighted by atomic mass is 32.2. The van der Waals surface area contributed by atoms with Crippen molar-refractivity contribution in [2.75, 3.05) is 52.4 Å². The smallest absolute Gasteiger partial charge is 0.281 e. The third-order valence-electron chi connectivity index (χ3n) is 4.39. The zero-order chi connectivity index (χ0) is 15.3. The SMILES string of the molecule is CCN(CC)S(=O)(=O)N1CCCN(C[C@@H]2CCCO2)CC1. The lowest BCUT2D eigenvalue weighted by molar-refractivity contribution is 0.0749. The van der Waals surface area contributed by atoms with Crippen molar-refractivity contribution in [2.45, 2.75) is 39.2 Å². The van der Waals surface area contributed by atoms with Crippen LogP contribution in [0, 0.1) is 0 Å². The predicted octanol–water partition coefficient (Wildman–Crippen LogP) is 0.760. The molecular weight excluding hydrogens is 290 g/mol. The van der Waals surface area contributed by atoms with Crippen molar-refractivity contribution in [3.63, 3.8) is 0 Å². The third kappa shape index (κ3) is 4.39. The molecule has 0 N–H and O–H groups in total. The molecule has 0 radical (unpaired) electrons. The van der Waals surface area contributed by atoms with E-state index in [4.69, 9.17) is 4.74 Å². The summed E-state index contributed by atoms with van der Waals surface area (Å²) in [7, 11) is -3.29. The van der Waals surface area contributed by atoms with E-state index in [2.05, 4.69) is 4.90 Å². The second-order valence-electron chi connectivity index (χ2n) is 5.78. The lowest BCUT2D eigenvalue weighted by Gasteiger charge is -2.28. The Kier molecular flexibility index (Phi) is 6.43. The first-order valence-electron chi connectivity index (χ1n) is 8.17. The minimum Gasteiger partial charge on any atom is -0.377 e.